The topological polar surface area (TPSA) is 106 Å². The lowest BCUT2D eigenvalue weighted by Crippen LogP contribution is -2.10. The van der Waals surface area contributed by atoms with Gasteiger partial charge in [-0.25, -0.2) is 4.52 Å². The number of carbonyl (C=O) groups is 1. The molecule has 0 aliphatic carbocycles. The molecule has 4 rings (SSSR count). The second-order valence-corrected chi connectivity index (χ2v) is 7.03. The van der Waals surface area contributed by atoms with E-state index >= 15 is 0 Å². The Morgan fingerprint density at radius 1 is 1.07 bits per heavy atom. The van der Waals surface area contributed by atoms with E-state index < -0.39 is 5.91 Å². The van der Waals surface area contributed by atoms with Gasteiger partial charge in [0.2, 0.25) is 11.9 Å². The highest BCUT2D eigenvalue weighted by Gasteiger charge is 2.09. The van der Waals surface area contributed by atoms with Crippen molar-refractivity contribution in [1.29, 1.82) is 0 Å². The highest BCUT2D eigenvalue weighted by molar-refractivity contribution is 5.92. The van der Waals surface area contributed by atoms with Crippen molar-refractivity contribution in [3.05, 3.63) is 77.0 Å². The van der Waals surface area contributed by atoms with Crippen LogP contribution in [0.4, 0.5) is 5.95 Å². The van der Waals surface area contributed by atoms with Crippen LogP contribution in [-0.4, -0.2) is 25.6 Å². The average Bonchev–Trinajstić information content (AvgIpc) is 3.12. The van der Waals surface area contributed by atoms with Gasteiger partial charge in [-0.15, -0.1) is 5.10 Å². The third-order valence-electron chi connectivity index (χ3n) is 4.84. The minimum absolute atomic E-state index is 0.325. The number of primary amides is 1. The molecule has 2 aromatic carbocycles. The molecule has 0 atom stereocenters. The number of anilines is 1. The SMILES string of the molecule is Cc1cc(-c2ccc3nc(NCc4ccc(C(N)=O)cc4)nn3c2)cc(C)c1O. The van der Waals surface area contributed by atoms with Gasteiger partial charge >= 0.3 is 0 Å². The number of nitrogens with two attached hydrogens (primary N) is 1. The van der Waals surface area contributed by atoms with Crippen LogP contribution in [0, 0.1) is 13.8 Å². The first-order valence-corrected chi connectivity index (χ1v) is 9.20. The van der Waals surface area contributed by atoms with Crippen LogP contribution in [0.3, 0.4) is 0 Å². The Morgan fingerprint density at radius 2 is 1.76 bits per heavy atom. The van der Waals surface area contributed by atoms with Crippen molar-refractivity contribution in [2.75, 3.05) is 5.32 Å². The molecule has 0 unspecified atom stereocenters. The highest BCUT2D eigenvalue weighted by Crippen LogP contribution is 2.29. The molecule has 0 aliphatic heterocycles. The number of rotatable bonds is 5. The van der Waals surface area contributed by atoms with Crippen molar-refractivity contribution in [3.8, 4) is 16.9 Å². The largest absolute Gasteiger partial charge is 0.507 e. The number of amides is 1. The van der Waals surface area contributed by atoms with Crippen LogP contribution in [0.1, 0.15) is 27.0 Å². The fraction of sp³-hybridized carbons (Fsp3) is 0.136. The number of fused-ring (bicyclic) bond motifs is 1. The van der Waals surface area contributed by atoms with Crippen LogP contribution in [0.5, 0.6) is 5.75 Å². The lowest BCUT2D eigenvalue weighted by molar-refractivity contribution is 0.100. The summed E-state index contributed by atoms with van der Waals surface area (Å²) in [7, 11) is 0. The normalized spacial score (nSPS) is 11.0. The van der Waals surface area contributed by atoms with E-state index in [1.54, 1.807) is 16.6 Å². The number of phenolic OH excluding ortho intramolecular Hbond substituents is 1. The van der Waals surface area contributed by atoms with Gasteiger partial charge in [0.25, 0.3) is 0 Å². The van der Waals surface area contributed by atoms with E-state index in [1.165, 1.54) is 0 Å². The highest BCUT2D eigenvalue weighted by atomic mass is 16.3. The summed E-state index contributed by atoms with van der Waals surface area (Å²) in [6, 6.07) is 14.9. The van der Waals surface area contributed by atoms with Crippen LogP contribution in [-0.2, 0) is 6.54 Å². The van der Waals surface area contributed by atoms with E-state index in [4.69, 9.17) is 5.73 Å². The molecule has 0 fully saturated rings. The van der Waals surface area contributed by atoms with Gasteiger partial charge in [0.05, 0.1) is 0 Å². The molecule has 1 amide bonds. The van der Waals surface area contributed by atoms with Crippen LogP contribution in [0.2, 0.25) is 0 Å². The Morgan fingerprint density at radius 3 is 2.41 bits per heavy atom. The number of nitrogens with zero attached hydrogens (tertiary/aromatic N) is 3. The molecule has 29 heavy (non-hydrogen) atoms. The smallest absolute Gasteiger partial charge is 0.248 e. The second kappa shape index (κ2) is 7.27. The summed E-state index contributed by atoms with van der Waals surface area (Å²) in [4.78, 5) is 15.6. The Hall–Kier alpha value is -3.87. The summed E-state index contributed by atoms with van der Waals surface area (Å²) < 4.78 is 1.73. The number of nitrogens with one attached hydrogen (secondary N) is 1. The Kier molecular flexibility index (Phi) is 4.64. The van der Waals surface area contributed by atoms with Gasteiger partial charge < -0.3 is 16.2 Å². The molecule has 0 radical (unpaired) electrons. The summed E-state index contributed by atoms with van der Waals surface area (Å²) in [5, 5.41) is 17.7. The maximum atomic E-state index is 11.1. The molecule has 0 aliphatic rings. The number of aromatic nitrogens is 3. The zero-order chi connectivity index (χ0) is 20.5. The van der Waals surface area contributed by atoms with Gasteiger partial charge in [0.15, 0.2) is 5.65 Å². The Labute approximate surface area is 167 Å². The molecular formula is C22H21N5O2. The number of hydrogen-bond acceptors (Lipinski definition) is 5. The lowest BCUT2D eigenvalue weighted by Gasteiger charge is -2.08. The molecule has 2 heterocycles. The Balaban J connectivity index is 1.55. The van der Waals surface area contributed by atoms with Crippen LogP contribution < -0.4 is 11.1 Å². The monoisotopic (exact) mass is 387 g/mol. The molecule has 0 spiro atoms. The van der Waals surface area contributed by atoms with Gasteiger partial charge in [-0.05, 0) is 72.5 Å². The summed E-state index contributed by atoms with van der Waals surface area (Å²) in [6.45, 7) is 4.30. The predicted molar refractivity (Wildman–Crippen MR) is 112 cm³/mol. The molecular weight excluding hydrogens is 366 g/mol. The van der Waals surface area contributed by atoms with Crippen molar-refractivity contribution in [1.82, 2.24) is 14.6 Å². The molecule has 0 bridgehead atoms. The summed E-state index contributed by atoms with van der Waals surface area (Å²) in [5.74, 6) is 0.395. The van der Waals surface area contributed by atoms with E-state index in [-0.39, 0.29) is 0 Å². The van der Waals surface area contributed by atoms with Crippen molar-refractivity contribution < 1.29 is 9.90 Å². The number of hydrogen-bond donors (Lipinski definition) is 3. The van der Waals surface area contributed by atoms with E-state index in [2.05, 4.69) is 15.4 Å². The predicted octanol–water partition coefficient (Wildman–Crippen LogP) is 3.43. The maximum Gasteiger partial charge on any atom is 0.248 e. The van der Waals surface area contributed by atoms with Crippen LogP contribution in [0.15, 0.2) is 54.7 Å². The number of pyridine rings is 1. The van der Waals surface area contributed by atoms with Gasteiger partial charge in [0, 0.05) is 23.9 Å². The number of benzene rings is 2. The first-order valence-electron chi connectivity index (χ1n) is 9.20. The zero-order valence-corrected chi connectivity index (χ0v) is 16.2. The van der Waals surface area contributed by atoms with E-state index in [0.717, 1.165) is 33.5 Å². The van der Waals surface area contributed by atoms with E-state index in [1.807, 2.05) is 56.4 Å². The number of aromatic hydroxyl groups is 1. The first kappa shape index (κ1) is 18.5. The van der Waals surface area contributed by atoms with Crippen molar-refractivity contribution in [2.24, 2.45) is 5.73 Å². The molecule has 2 aromatic heterocycles. The van der Waals surface area contributed by atoms with Crippen molar-refractivity contribution in [3.63, 3.8) is 0 Å². The van der Waals surface area contributed by atoms with Gasteiger partial charge in [-0.3, -0.25) is 4.79 Å². The second-order valence-electron chi connectivity index (χ2n) is 7.03. The summed E-state index contributed by atoms with van der Waals surface area (Å²) in [5.41, 5.74) is 11.1. The number of carbonyl (C=O) groups excluding carboxylic acids is 1. The minimum atomic E-state index is -0.443. The summed E-state index contributed by atoms with van der Waals surface area (Å²) >= 11 is 0. The molecule has 0 saturated heterocycles. The Bertz CT molecular complexity index is 1190. The average molecular weight is 387 g/mol. The minimum Gasteiger partial charge on any atom is -0.507 e. The van der Waals surface area contributed by atoms with Crippen LogP contribution >= 0.6 is 0 Å². The molecule has 0 saturated carbocycles. The fourth-order valence-corrected chi connectivity index (χ4v) is 3.22. The first-order chi connectivity index (χ1) is 13.9. The molecule has 4 N–H and O–H groups in total. The van der Waals surface area contributed by atoms with Gasteiger partial charge in [-0.1, -0.05) is 12.1 Å². The van der Waals surface area contributed by atoms with E-state index in [0.29, 0.717) is 23.8 Å². The third-order valence-corrected chi connectivity index (χ3v) is 4.84. The molecule has 146 valence electrons. The number of phenols is 1. The molecule has 7 nitrogen and oxygen atoms in total. The van der Waals surface area contributed by atoms with E-state index in [9.17, 15) is 9.90 Å². The quantitative estimate of drug-likeness (QED) is 0.486. The third kappa shape index (κ3) is 3.75. The van der Waals surface area contributed by atoms with Gasteiger partial charge in [0.1, 0.15) is 5.75 Å². The van der Waals surface area contributed by atoms with Crippen molar-refractivity contribution >= 4 is 17.5 Å². The molecule has 4 aromatic rings. The van der Waals surface area contributed by atoms with Crippen molar-refractivity contribution in [2.45, 2.75) is 20.4 Å². The standard InChI is InChI=1S/C22H21N5O2/c1-13-9-18(10-14(2)20(13)28)17-7-8-19-25-22(26-27(19)12-17)24-11-15-3-5-16(6-4-15)21(23)29/h3-10,12,28H,11H2,1-2H3,(H2,23,29)(H,24,26). The lowest BCUT2D eigenvalue weighted by atomic mass is 10.0. The zero-order valence-electron chi connectivity index (χ0n) is 16.2. The fourth-order valence-electron chi connectivity index (χ4n) is 3.22. The van der Waals surface area contributed by atoms with Gasteiger partial charge in [-0.2, -0.15) is 4.98 Å². The molecule has 7 heteroatoms. The number of aryl methyl sites for hydroxylation is 2. The maximum absolute atomic E-state index is 11.1. The van der Waals surface area contributed by atoms with Crippen LogP contribution in [0.25, 0.3) is 16.8 Å². The summed E-state index contributed by atoms with van der Waals surface area (Å²) in [6.07, 6.45) is 1.92.